The van der Waals surface area contributed by atoms with Crippen LogP contribution in [0.5, 0.6) is 0 Å². The zero-order chi connectivity index (χ0) is 12.8. The van der Waals surface area contributed by atoms with Crippen molar-refractivity contribution in [2.24, 2.45) is 0 Å². The molecule has 0 saturated carbocycles. The van der Waals surface area contributed by atoms with Crippen LogP contribution in [0.15, 0.2) is 0 Å². The van der Waals surface area contributed by atoms with E-state index >= 15 is 0 Å². The van der Waals surface area contributed by atoms with Gasteiger partial charge in [-0.25, -0.2) is 0 Å². The molecule has 0 radical (unpaired) electrons. The van der Waals surface area contributed by atoms with E-state index in [1.54, 1.807) is 20.8 Å². The Morgan fingerprint density at radius 2 is 1.81 bits per heavy atom. The number of carbonyl (C=O) groups is 1. The van der Waals surface area contributed by atoms with Gasteiger partial charge in [0.25, 0.3) is 10.2 Å². The Labute approximate surface area is 96.8 Å². The molecule has 0 saturated heterocycles. The molecule has 0 bridgehead atoms. The lowest BCUT2D eigenvalue weighted by Crippen LogP contribution is -2.45. The van der Waals surface area contributed by atoms with E-state index in [1.807, 2.05) is 0 Å². The van der Waals surface area contributed by atoms with Gasteiger partial charge in [0.1, 0.15) is 0 Å². The fourth-order valence-corrected chi connectivity index (χ4v) is 2.83. The van der Waals surface area contributed by atoms with Crippen LogP contribution in [0.25, 0.3) is 0 Å². The Kier molecular flexibility index (Phi) is 6.54. The Balaban J connectivity index is 4.59. The molecule has 0 aromatic heterocycles. The number of hydrogen-bond donors (Lipinski definition) is 2. The highest BCUT2D eigenvalue weighted by Crippen LogP contribution is 2.04. The van der Waals surface area contributed by atoms with Gasteiger partial charge in [0.15, 0.2) is 0 Å². The highest BCUT2D eigenvalue weighted by atomic mass is 32.2. The predicted molar refractivity (Wildman–Crippen MR) is 61.3 cm³/mol. The van der Waals surface area contributed by atoms with Crippen LogP contribution in [0.1, 0.15) is 33.6 Å². The SMILES string of the molecule is CCC(CC(=O)O)NS(=O)(=O)N(CC)CC. The molecule has 1 atom stereocenters. The molecule has 0 amide bonds. The van der Waals surface area contributed by atoms with Crippen molar-refractivity contribution < 1.29 is 18.3 Å². The van der Waals surface area contributed by atoms with E-state index in [1.165, 1.54) is 4.31 Å². The third-order valence-corrected chi connectivity index (χ3v) is 4.10. The third kappa shape index (κ3) is 4.91. The van der Waals surface area contributed by atoms with Crippen molar-refractivity contribution in [3.05, 3.63) is 0 Å². The topological polar surface area (TPSA) is 86.7 Å². The first kappa shape index (κ1) is 15.3. The van der Waals surface area contributed by atoms with Gasteiger partial charge in [-0.1, -0.05) is 20.8 Å². The van der Waals surface area contributed by atoms with E-state index in [4.69, 9.17) is 5.11 Å². The average molecular weight is 252 g/mol. The summed E-state index contributed by atoms with van der Waals surface area (Å²) in [5.41, 5.74) is 0. The van der Waals surface area contributed by atoms with Gasteiger partial charge in [-0.05, 0) is 6.42 Å². The lowest BCUT2D eigenvalue weighted by molar-refractivity contribution is -0.137. The first-order chi connectivity index (χ1) is 7.37. The van der Waals surface area contributed by atoms with Crippen LogP contribution < -0.4 is 4.72 Å². The first-order valence-electron chi connectivity index (χ1n) is 5.36. The fourth-order valence-electron chi connectivity index (χ4n) is 1.33. The second-order valence-electron chi connectivity index (χ2n) is 3.41. The Hall–Kier alpha value is -0.660. The summed E-state index contributed by atoms with van der Waals surface area (Å²) in [5.74, 6) is -1.01. The summed E-state index contributed by atoms with van der Waals surface area (Å²) >= 11 is 0. The molecule has 0 fully saturated rings. The van der Waals surface area contributed by atoms with Crippen LogP contribution in [0, 0.1) is 0 Å². The minimum Gasteiger partial charge on any atom is -0.481 e. The van der Waals surface area contributed by atoms with E-state index in [2.05, 4.69) is 4.72 Å². The highest BCUT2D eigenvalue weighted by Gasteiger charge is 2.23. The van der Waals surface area contributed by atoms with Gasteiger partial charge in [0, 0.05) is 19.1 Å². The summed E-state index contributed by atoms with van der Waals surface area (Å²) < 4.78 is 27.2. The normalized spacial score (nSPS) is 14.0. The van der Waals surface area contributed by atoms with Crippen LogP contribution in [0.3, 0.4) is 0 Å². The maximum absolute atomic E-state index is 11.8. The molecule has 0 aliphatic rings. The van der Waals surface area contributed by atoms with Crippen molar-refractivity contribution in [2.45, 2.75) is 39.7 Å². The smallest absolute Gasteiger partial charge is 0.304 e. The van der Waals surface area contributed by atoms with E-state index in [0.29, 0.717) is 19.5 Å². The number of hydrogen-bond acceptors (Lipinski definition) is 3. The van der Waals surface area contributed by atoms with Crippen molar-refractivity contribution in [3.63, 3.8) is 0 Å². The monoisotopic (exact) mass is 252 g/mol. The minimum atomic E-state index is -3.56. The van der Waals surface area contributed by atoms with Gasteiger partial charge in [-0.3, -0.25) is 4.79 Å². The fraction of sp³-hybridized carbons (Fsp3) is 0.889. The Morgan fingerprint density at radius 3 is 2.12 bits per heavy atom. The first-order valence-corrected chi connectivity index (χ1v) is 6.80. The van der Waals surface area contributed by atoms with Crippen molar-refractivity contribution in [2.75, 3.05) is 13.1 Å². The zero-order valence-electron chi connectivity index (χ0n) is 9.93. The largest absolute Gasteiger partial charge is 0.481 e. The molecule has 0 aromatic rings. The lowest BCUT2D eigenvalue weighted by atomic mass is 10.2. The molecule has 6 nitrogen and oxygen atoms in total. The Bertz CT molecular complexity index is 311. The molecular weight excluding hydrogens is 232 g/mol. The summed E-state index contributed by atoms with van der Waals surface area (Å²) in [4.78, 5) is 10.5. The highest BCUT2D eigenvalue weighted by molar-refractivity contribution is 7.87. The van der Waals surface area contributed by atoms with Crippen LogP contribution in [0.2, 0.25) is 0 Å². The van der Waals surface area contributed by atoms with E-state index in [9.17, 15) is 13.2 Å². The molecule has 1 unspecified atom stereocenters. The second kappa shape index (κ2) is 6.82. The average Bonchev–Trinajstić information content (AvgIpc) is 2.16. The molecule has 2 N–H and O–H groups in total. The second-order valence-corrected chi connectivity index (χ2v) is 5.11. The summed E-state index contributed by atoms with van der Waals surface area (Å²) in [6.45, 7) is 5.96. The van der Waals surface area contributed by atoms with Gasteiger partial charge >= 0.3 is 5.97 Å². The maximum Gasteiger partial charge on any atom is 0.304 e. The standard InChI is InChI=1S/C9H20N2O4S/c1-4-8(7-9(12)13)10-16(14,15)11(5-2)6-3/h8,10H,4-7H2,1-3H3,(H,12,13). The summed E-state index contributed by atoms with van der Waals surface area (Å²) in [7, 11) is -3.56. The van der Waals surface area contributed by atoms with Crippen molar-refractivity contribution in [1.82, 2.24) is 9.03 Å². The molecule has 7 heteroatoms. The van der Waals surface area contributed by atoms with E-state index in [-0.39, 0.29) is 6.42 Å². The third-order valence-electron chi connectivity index (χ3n) is 2.27. The molecule has 0 rings (SSSR count). The number of nitrogens with one attached hydrogen (secondary N) is 1. The van der Waals surface area contributed by atoms with Gasteiger partial charge in [0.2, 0.25) is 0 Å². The molecular formula is C9H20N2O4S. The Morgan fingerprint density at radius 1 is 1.31 bits per heavy atom. The molecule has 16 heavy (non-hydrogen) atoms. The predicted octanol–water partition coefficient (Wildman–Crippen LogP) is 0.416. The maximum atomic E-state index is 11.8. The minimum absolute atomic E-state index is 0.197. The number of rotatable bonds is 8. The van der Waals surface area contributed by atoms with Crippen LogP contribution in [-0.4, -0.2) is 42.9 Å². The van der Waals surface area contributed by atoms with E-state index < -0.39 is 22.2 Å². The number of aliphatic carboxylic acids is 1. The van der Waals surface area contributed by atoms with Gasteiger partial charge in [-0.15, -0.1) is 0 Å². The molecule has 0 heterocycles. The number of carboxylic acid groups (broad SMARTS) is 1. The van der Waals surface area contributed by atoms with Gasteiger partial charge in [-0.2, -0.15) is 17.4 Å². The van der Waals surface area contributed by atoms with Gasteiger partial charge < -0.3 is 5.11 Å². The van der Waals surface area contributed by atoms with Crippen LogP contribution in [0.4, 0.5) is 0 Å². The van der Waals surface area contributed by atoms with Crippen LogP contribution in [-0.2, 0) is 15.0 Å². The molecule has 0 aromatic carbocycles. The summed E-state index contributed by atoms with van der Waals surface area (Å²) in [5, 5.41) is 8.62. The molecule has 96 valence electrons. The van der Waals surface area contributed by atoms with E-state index in [0.717, 1.165) is 0 Å². The van der Waals surface area contributed by atoms with Gasteiger partial charge in [0.05, 0.1) is 6.42 Å². The lowest BCUT2D eigenvalue weighted by Gasteiger charge is -2.22. The quantitative estimate of drug-likeness (QED) is 0.655. The zero-order valence-corrected chi connectivity index (χ0v) is 10.7. The molecule has 0 aliphatic heterocycles. The molecule has 0 spiro atoms. The van der Waals surface area contributed by atoms with Crippen LogP contribution >= 0.6 is 0 Å². The summed E-state index contributed by atoms with van der Waals surface area (Å²) in [6.07, 6.45) is 0.254. The molecule has 0 aliphatic carbocycles. The number of nitrogens with zero attached hydrogens (tertiary/aromatic N) is 1. The van der Waals surface area contributed by atoms with Crippen molar-refractivity contribution in [1.29, 1.82) is 0 Å². The number of carboxylic acids is 1. The van der Waals surface area contributed by atoms with Crippen molar-refractivity contribution >= 4 is 16.2 Å². The summed E-state index contributed by atoms with van der Waals surface area (Å²) in [6, 6.07) is -0.553. The van der Waals surface area contributed by atoms with Crippen molar-refractivity contribution in [3.8, 4) is 0 Å².